The number of para-hydroxylation sites is 1. The van der Waals surface area contributed by atoms with E-state index in [4.69, 9.17) is 23.9 Å². The second-order valence-electron chi connectivity index (χ2n) is 13.4. The monoisotopic (exact) mass is 649 g/mol. The minimum atomic E-state index is -1.08. The molecule has 12 nitrogen and oxygen atoms in total. The Morgan fingerprint density at radius 2 is 1.85 bits per heavy atom. The predicted molar refractivity (Wildman–Crippen MR) is 176 cm³/mol. The van der Waals surface area contributed by atoms with Crippen molar-refractivity contribution in [3.63, 3.8) is 0 Å². The molecule has 0 radical (unpaired) electrons. The first-order chi connectivity index (χ1) is 22.4. The summed E-state index contributed by atoms with van der Waals surface area (Å²) in [6.07, 6.45) is 2.16. The number of hydrogen-bond donors (Lipinski definition) is 1. The van der Waals surface area contributed by atoms with Crippen molar-refractivity contribution in [1.82, 2.24) is 19.9 Å². The predicted octanol–water partition coefficient (Wildman–Crippen LogP) is 4.55. The molecule has 0 aliphatic carbocycles. The molecule has 6 rings (SSSR count). The summed E-state index contributed by atoms with van der Waals surface area (Å²) in [5.74, 6) is 0.0931. The van der Waals surface area contributed by atoms with Crippen molar-refractivity contribution >= 4 is 29.1 Å². The highest BCUT2D eigenvalue weighted by molar-refractivity contribution is 5.96. The van der Waals surface area contributed by atoms with Gasteiger partial charge in [0.25, 0.3) is 5.91 Å². The number of hydrogen-bond acceptors (Lipinski definition) is 10. The number of rotatable bonds is 4. The van der Waals surface area contributed by atoms with E-state index in [0.717, 1.165) is 31.2 Å². The topological polar surface area (TPSA) is 134 Å². The minimum absolute atomic E-state index is 0.104. The van der Waals surface area contributed by atoms with Crippen LogP contribution in [0, 0.1) is 6.92 Å². The summed E-state index contributed by atoms with van der Waals surface area (Å²) < 4.78 is 25.9. The molecule has 1 aromatic carbocycles. The molecule has 2 aromatic heterocycles. The fraction of sp³-hybridized carbons (Fsp3) is 0.571. The van der Waals surface area contributed by atoms with Gasteiger partial charge in [0.2, 0.25) is 0 Å². The van der Waals surface area contributed by atoms with Crippen LogP contribution in [0.1, 0.15) is 93.7 Å². The fourth-order valence-corrected chi connectivity index (χ4v) is 6.01. The number of aryl methyl sites for hydroxylation is 1. The lowest BCUT2D eigenvalue weighted by molar-refractivity contribution is -0.167. The zero-order valence-electron chi connectivity index (χ0n) is 28.4. The third-order valence-corrected chi connectivity index (χ3v) is 8.44. The first kappa shape index (κ1) is 34.3. The summed E-state index contributed by atoms with van der Waals surface area (Å²) >= 11 is 0. The minimum Gasteiger partial charge on any atom is -0.493 e. The Balaban J connectivity index is 1.56. The van der Waals surface area contributed by atoms with Crippen molar-refractivity contribution in [3.8, 4) is 5.75 Å². The van der Waals surface area contributed by atoms with Gasteiger partial charge >= 0.3 is 5.97 Å². The Hall–Kier alpha value is -4.03. The van der Waals surface area contributed by atoms with E-state index in [0.29, 0.717) is 54.8 Å². The van der Waals surface area contributed by atoms with E-state index in [-0.39, 0.29) is 36.7 Å². The molecule has 3 aliphatic heterocycles. The quantitative estimate of drug-likeness (QED) is 0.402. The summed E-state index contributed by atoms with van der Waals surface area (Å²) in [5.41, 5.74) is 1.41. The molecular weight excluding hydrogens is 602 g/mol. The number of esters is 1. The van der Waals surface area contributed by atoms with Crippen LogP contribution in [0.4, 0.5) is 5.82 Å². The van der Waals surface area contributed by atoms with Gasteiger partial charge in [-0.1, -0.05) is 18.2 Å². The van der Waals surface area contributed by atoms with Crippen LogP contribution in [0.2, 0.25) is 0 Å². The summed E-state index contributed by atoms with van der Waals surface area (Å²) in [4.78, 5) is 46.7. The number of amides is 1. The Morgan fingerprint density at radius 3 is 2.57 bits per heavy atom. The maximum absolute atomic E-state index is 13.5. The SMILES string of the molecule is CCOC(=O)C(OC(C)(C)C)c1c(C)nc2cc3nn2c1N1CCC(C)(CC1)OCCCCOc1ccccc1CC(=O)CNC3=O. The van der Waals surface area contributed by atoms with Crippen LogP contribution >= 0.6 is 0 Å². The highest BCUT2D eigenvalue weighted by Gasteiger charge is 2.38. The van der Waals surface area contributed by atoms with Crippen molar-refractivity contribution in [3.05, 3.63) is 52.8 Å². The van der Waals surface area contributed by atoms with Gasteiger partial charge in [0, 0.05) is 43.4 Å². The highest BCUT2D eigenvalue weighted by atomic mass is 16.6. The molecule has 3 aromatic rings. The molecule has 1 unspecified atom stereocenters. The first-order valence-corrected chi connectivity index (χ1v) is 16.5. The van der Waals surface area contributed by atoms with E-state index >= 15 is 0 Å². The number of anilines is 1. The molecule has 1 fully saturated rings. The second-order valence-corrected chi connectivity index (χ2v) is 13.4. The summed E-state index contributed by atoms with van der Waals surface area (Å²) in [7, 11) is 0. The normalized spacial score (nSPS) is 18.6. The lowest BCUT2D eigenvalue weighted by Crippen LogP contribution is -2.46. The van der Waals surface area contributed by atoms with E-state index in [1.165, 1.54) is 0 Å². The zero-order valence-corrected chi connectivity index (χ0v) is 28.4. The van der Waals surface area contributed by atoms with Gasteiger partial charge in [0.15, 0.2) is 23.2 Å². The maximum Gasteiger partial charge on any atom is 0.340 e. The number of carbonyl (C=O) groups excluding carboxylic acids is 3. The van der Waals surface area contributed by atoms with E-state index in [9.17, 15) is 14.4 Å². The van der Waals surface area contributed by atoms with Crippen molar-refractivity contribution < 1.29 is 33.3 Å². The Kier molecular flexibility index (Phi) is 10.5. The van der Waals surface area contributed by atoms with Gasteiger partial charge in [0.1, 0.15) is 11.6 Å². The van der Waals surface area contributed by atoms with E-state index in [2.05, 4.69) is 22.2 Å². The van der Waals surface area contributed by atoms with Crippen molar-refractivity contribution in [2.24, 2.45) is 0 Å². The molecule has 1 amide bonds. The van der Waals surface area contributed by atoms with Crippen LogP contribution < -0.4 is 15.0 Å². The molecule has 3 aliphatic rings. The number of Topliss-reactive ketones (excluding diaryl/α,β-unsaturated/α-hetero) is 1. The molecule has 1 saturated heterocycles. The number of ether oxygens (including phenoxy) is 4. The zero-order chi connectivity index (χ0) is 33.8. The standard InChI is InChI=1S/C35H47N5O7/c1-7-44-33(43)30(47-34(3,4)5)29-23(2)37-28-21-26-31(42)36-22-25(41)20-24-12-8-9-13-27(24)45-18-10-11-19-46-35(6)14-16-39(17-15-35)32(29)40(28)38-26/h8-9,12-13,21,30H,7,10-11,14-20,22H2,1-6H3,(H,36,42). The van der Waals surface area contributed by atoms with Gasteiger partial charge in [-0.05, 0) is 73.3 Å². The average molecular weight is 650 g/mol. The Morgan fingerprint density at radius 1 is 1.13 bits per heavy atom. The summed E-state index contributed by atoms with van der Waals surface area (Å²) in [6, 6.07) is 9.06. The lowest BCUT2D eigenvalue weighted by Gasteiger charge is -2.41. The van der Waals surface area contributed by atoms with E-state index in [1.54, 1.807) is 17.5 Å². The van der Waals surface area contributed by atoms with Gasteiger partial charge in [-0.15, -0.1) is 0 Å². The van der Waals surface area contributed by atoms with Crippen LogP contribution in [0.3, 0.4) is 0 Å². The number of fused-ring (bicyclic) bond motifs is 11. The number of carbonyl (C=O) groups is 3. The van der Waals surface area contributed by atoms with Crippen molar-refractivity contribution in [1.29, 1.82) is 0 Å². The highest BCUT2D eigenvalue weighted by Crippen LogP contribution is 2.38. The van der Waals surface area contributed by atoms with E-state index in [1.807, 2.05) is 52.0 Å². The largest absolute Gasteiger partial charge is 0.493 e. The molecule has 47 heavy (non-hydrogen) atoms. The summed E-state index contributed by atoms with van der Waals surface area (Å²) in [5, 5.41) is 7.41. The molecule has 0 saturated carbocycles. The fourth-order valence-electron chi connectivity index (χ4n) is 6.01. The average Bonchev–Trinajstić information content (AvgIpc) is 3.44. The number of ketones is 1. The van der Waals surface area contributed by atoms with Crippen LogP contribution in [0.5, 0.6) is 5.75 Å². The first-order valence-electron chi connectivity index (χ1n) is 16.5. The molecule has 254 valence electrons. The third kappa shape index (κ3) is 8.28. The number of aromatic nitrogens is 3. The number of piperidine rings is 1. The van der Waals surface area contributed by atoms with Gasteiger partial charge in [-0.3, -0.25) is 9.59 Å². The van der Waals surface area contributed by atoms with Gasteiger partial charge in [-0.25, -0.2) is 9.78 Å². The molecule has 12 heteroatoms. The summed E-state index contributed by atoms with van der Waals surface area (Å²) in [6.45, 7) is 13.7. The lowest BCUT2D eigenvalue weighted by atomic mass is 9.92. The van der Waals surface area contributed by atoms with Gasteiger partial charge < -0.3 is 29.2 Å². The molecule has 0 spiro atoms. The molecule has 1 N–H and O–H groups in total. The van der Waals surface area contributed by atoms with Gasteiger partial charge in [-0.2, -0.15) is 9.61 Å². The van der Waals surface area contributed by atoms with Crippen molar-refractivity contribution in [2.45, 2.75) is 91.0 Å². The van der Waals surface area contributed by atoms with Crippen molar-refractivity contribution in [2.75, 3.05) is 44.4 Å². The second kappa shape index (κ2) is 14.4. The van der Waals surface area contributed by atoms with Crippen LogP contribution in [-0.2, 0) is 30.2 Å². The molecular formula is C35H47N5O7. The maximum atomic E-state index is 13.5. The van der Waals surface area contributed by atoms with E-state index < -0.39 is 23.6 Å². The van der Waals surface area contributed by atoms with Crippen LogP contribution in [0.25, 0.3) is 5.65 Å². The Bertz CT molecular complexity index is 1600. The molecule has 4 bridgehead atoms. The number of nitrogens with zero attached hydrogens (tertiary/aromatic N) is 4. The van der Waals surface area contributed by atoms with Crippen LogP contribution in [-0.4, -0.2) is 82.9 Å². The number of benzene rings is 1. The molecule has 1 atom stereocenters. The van der Waals surface area contributed by atoms with Gasteiger partial charge in [0.05, 0.1) is 36.5 Å². The number of nitrogens with one attached hydrogen (secondary N) is 1. The third-order valence-electron chi connectivity index (χ3n) is 8.44. The van der Waals surface area contributed by atoms with Crippen LogP contribution in [0.15, 0.2) is 30.3 Å². The smallest absolute Gasteiger partial charge is 0.340 e. The molecule has 5 heterocycles. The Labute approximate surface area is 276 Å².